The summed E-state index contributed by atoms with van der Waals surface area (Å²) in [7, 11) is 1.65. The van der Waals surface area contributed by atoms with E-state index in [0.717, 1.165) is 12.4 Å². The van der Waals surface area contributed by atoms with E-state index in [1.54, 1.807) is 7.11 Å². The van der Waals surface area contributed by atoms with Crippen molar-refractivity contribution in [1.82, 2.24) is 5.32 Å². The van der Waals surface area contributed by atoms with Crippen molar-refractivity contribution < 1.29 is 4.74 Å². The van der Waals surface area contributed by atoms with Crippen molar-refractivity contribution in [3.05, 3.63) is 12.0 Å². The highest BCUT2D eigenvalue weighted by Gasteiger charge is 1.99. The molecule has 0 aromatic rings. The second-order valence-corrected chi connectivity index (χ2v) is 1.15. The Bertz CT molecular complexity index is 77.6. The second kappa shape index (κ2) is 1.20. The zero-order valence-electron chi connectivity index (χ0n) is 3.69. The van der Waals surface area contributed by atoms with Gasteiger partial charge in [-0.3, -0.25) is 0 Å². The molecule has 0 saturated heterocycles. The molecule has 0 aromatic heterocycles. The van der Waals surface area contributed by atoms with E-state index in [-0.39, 0.29) is 0 Å². The number of rotatable bonds is 1. The summed E-state index contributed by atoms with van der Waals surface area (Å²) in [5.74, 6) is 0.898. The van der Waals surface area contributed by atoms with Gasteiger partial charge in [-0.25, -0.2) is 0 Å². The number of hydrogen-bond donors (Lipinski definition) is 1. The lowest BCUT2D eigenvalue weighted by Gasteiger charge is -2.14. The first-order chi connectivity index (χ1) is 2.93. The van der Waals surface area contributed by atoms with Gasteiger partial charge in [-0.05, 0) is 6.08 Å². The molecule has 1 N–H and O–H groups in total. The quantitative estimate of drug-likeness (QED) is 0.486. The van der Waals surface area contributed by atoms with E-state index >= 15 is 0 Å². The number of methoxy groups -OCH3 is 1. The van der Waals surface area contributed by atoms with Crippen LogP contribution in [0.1, 0.15) is 0 Å². The minimum absolute atomic E-state index is 0.898. The van der Waals surface area contributed by atoms with Gasteiger partial charge < -0.3 is 10.1 Å². The predicted molar refractivity (Wildman–Crippen MR) is 23.1 cm³/mol. The van der Waals surface area contributed by atoms with Crippen LogP contribution in [-0.4, -0.2) is 13.7 Å². The highest BCUT2D eigenvalue weighted by atomic mass is 16.5. The normalized spacial score (nSPS) is 17.2. The first-order valence-corrected chi connectivity index (χ1v) is 1.91. The van der Waals surface area contributed by atoms with Crippen molar-refractivity contribution >= 4 is 0 Å². The fourth-order valence-corrected chi connectivity index (χ4v) is 0.341. The Kier molecular flexibility index (Phi) is 0.708. The third-order valence-electron chi connectivity index (χ3n) is 0.784. The topological polar surface area (TPSA) is 21.3 Å². The first-order valence-electron chi connectivity index (χ1n) is 1.91. The Morgan fingerprint density at radius 2 is 2.67 bits per heavy atom. The lowest BCUT2D eigenvalue weighted by atomic mass is 10.4. The van der Waals surface area contributed by atoms with E-state index < -0.39 is 0 Å². The lowest BCUT2D eigenvalue weighted by Crippen LogP contribution is -2.24. The maximum Gasteiger partial charge on any atom is 0.184 e. The molecule has 1 aliphatic rings. The molecule has 34 valence electrons. The van der Waals surface area contributed by atoms with Crippen LogP contribution in [0.4, 0.5) is 0 Å². The summed E-state index contributed by atoms with van der Waals surface area (Å²) in [6.07, 6.45) is 1.99. The third-order valence-corrected chi connectivity index (χ3v) is 0.784. The standard InChI is InChI=1S/C4H7NO/c1-6-4-2-3-5-4/h2,5H,3H2,1H3. The van der Waals surface area contributed by atoms with Gasteiger partial charge in [0, 0.05) is 6.54 Å². The molecule has 0 aliphatic carbocycles. The summed E-state index contributed by atoms with van der Waals surface area (Å²) in [6.45, 7) is 0.961. The van der Waals surface area contributed by atoms with E-state index in [4.69, 9.17) is 4.74 Å². The molecule has 0 saturated carbocycles. The molecular formula is C4H7NO. The Morgan fingerprint density at radius 1 is 2.00 bits per heavy atom. The van der Waals surface area contributed by atoms with Crippen molar-refractivity contribution in [1.29, 1.82) is 0 Å². The molecule has 2 nitrogen and oxygen atoms in total. The van der Waals surface area contributed by atoms with Crippen molar-refractivity contribution in [3.8, 4) is 0 Å². The fraction of sp³-hybridized carbons (Fsp3) is 0.500. The van der Waals surface area contributed by atoms with Crippen molar-refractivity contribution in [2.24, 2.45) is 0 Å². The Morgan fingerprint density at radius 3 is 2.67 bits per heavy atom. The molecular weight excluding hydrogens is 78.0 g/mol. The second-order valence-electron chi connectivity index (χ2n) is 1.15. The zero-order valence-corrected chi connectivity index (χ0v) is 3.69. The van der Waals surface area contributed by atoms with Gasteiger partial charge in [-0.15, -0.1) is 0 Å². The highest BCUT2D eigenvalue weighted by Crippen LogP contribution is 1.95. The fourth-order valence-electron chi connectivity index (χ4n) is 0.341. The van der Waals surface area contributed by atoms with Gasteiger partial charge in [0.15, 0.2) is 5.88 Å². The van der Waals surface area contributed by atoms with Crippen LogP contribution < -0.4 is 5.32 Å². The summed E-state index contributed by atoms with van der Waals surface area (Å²) >= 11 is 0. The van der Waals surface area contributed by atoms with Crippen LogP contribution >= 0.6 is 0 Å². The van der Waals surface area contributed by atoms with Crippen LogP contribution in [0.25, 0.3) is 0 Å². The number of ether oxygens (including phenoxy) is 1. The maximum atomic E-state index is 4.74. The smallest absolute Gasteiger partial charge is 0.184 e. The molecule has 0 fully saturated rings. The molecule has 0 bridgehead atoms. The van der Waals surface area contributed by atoms with Crippen LogP contribution in [0.2, 0.25) is 0 Å². The van der Waals surface area contributed by atoms with Crippen molar-refractivity contribution in [2.45, 2.75) is 0 Å². The Balaban J connectivity index is 2.32. The van der Waals surface area contributed by atoms with E-state index in [2.05, 4.69) is 5.32 Å². The van der Waals surface area contributed by atoms with Gasteiger partial charge in [0.25, 0.3) is 0 Å². The predicted octanol–water partition coefficient (Wildman–Crippen LogP) is 0.0774. The van der Waals surface area contributed by atoms with Gasteiger partial charge in [0.1, 0.15) is 0 Å². The average molecular weight is 85.1 g/mol. The molecule has 0 amide bonds. The highest BCUT2D eigenvalue weighted by molar-refractivity contribution is 5.02. The molecule has 6 heavy (non-hydrogen) atoms. The van der Waals surface area contributed by atoms with Gasteiger partial charge in [0.05, 0.1) is 7.11 Å². The minimum atomic E-state index is 0.898. The van der Waals surface area contributed by atoms with Crippen LogP contribution in [0, 0.1) is 0 Å². The van der Waals surface area contributed by atoms with E-state index in [1.807, 2.05) is 6.08 Å². The third kappa shape index (κ3) is 0.339. The summed E-state index contributed by atoms with van der Waals surface area (Å²) in [5.41, 5.74) is 0. The maximum absolute atomic E-state index is 4.74. The van der Waals surface area contributed by atoms with Crippen LogP contribution in [0.5, 0.6) is 0 Å². The Hall–Kier alpha value is -0.660. The van der Waals surface area contributed by atoms with E-state index in [0.29, 0.717) is 0 Å². The van der Waals surface area contributed by atoms with Gasteiger partial charge >= 0.3 is 0 Å². The van der Waals surface area contributed by atoms with Gasteiger partial charge in [0.2, 0.25) is 0 Å². The van der Waals surface area contributed by atoms with Gasteiger partial charge in [-0.1, -0.05) is 0 Å². The lowest BCUT2D eigenvalue weighted by molar-refractivity contribution is 0.247. The summed E-state index contributed by atoms with van der Waals surface area (Å²) in [6, 6.07) is 0. The molecule has 0 unspecified atom stereocenters. The summed E-state index contributed by atoms with van der Waals surface area (Å²) < 4.78 is 4.74. The SMILES string of the molecule is COC1=CCN1. The van der Waals surface area contributed by atoms with Gasteiger partial charge in [-0.2, -0.15) is 0 Å². The van der Waals surface area contributed by atoms with E-state index in [9.17, 15) is 0 Å². The minimum Gasteiger partial charge on any atom is -0.483 e. The first kappa shape index (κ1) is 3.53. The molecule has 0 aromatic carbocycles. The number of nitrogens with one attached hydrogen (secondary N) is 1. The molecule has 0 radical (unpaired) electrons. The van der Waals surface area contributed by atoms with Crippen LogP contribution in [0.3, 0.4) is 0 Å². The van der Waals surface area contributed by atoms with Crippen LogP contribution in [0.15, 0.2) is 12.0 Å². The van der Waals surface area contributed by atoms with Crippen LogP contribution in [-0.2, 0) is 4.74 Å². The molecule has 1 rings (SSSR count). The average Bonchev–Trinajstić information content (AvgIpc) is 1.31. The monoisotopic (exact) mass is 85.1 g/mol. The Labute approximate surface area is 36.8 Å². The zero-order chi connectivity index (χ0) is 4.41. The molecule has 1 heterocycles. The summed E-state index contributed by atoms with van der Waals surface area (Å²) in [4.78, 5) is 0. The molecule has 2 heteroatoms. The van der Waals surface area contributed by atoms with E-state index in [1.165, 1.54) is 0 Å². The molecule has 0 spiro atoms. The van der Waals surface area contributed by atoms with Crippen molar-refractivity contribution in [2.75, 3.05) is 13.7 Å². The number of hydrogen-bond acceptors (Lipinski definition) is 2. The summed E-state index contributed by atoms with van der Waals surface area (Å²) in [5, 5.41) is 2.93. The largest absolute Gasteiger partial charge is 0.483 e. The molecule has 0 atom stereocenters. The molecule has 1 aliphatic heterocycles. The van der Waals surface area contributed by atoms with Crippen molar-refractivity contribution in [3.63, 3.8) is 0 Å².